The van der Waals surface area contributed by atoms with E-state index in [0.29, 0.717) is 13.1 Å². The summed E-state index contributed by atoms with van der Waals surface area (Å²) in [5, 5.41) is 3.22. The second-order valence-corrected chi connectivity index (χ2v) is 7.69. The first-order valence-electron chi connectivity index (χ1n) is 8.12. The van der Waals surface area contributed by atoms with Crippen molar-refractivity contribution in [2.45, 2.75) is 19.8 Å². The van der Waals surface area contributed by atoms with Crippen molar-refractivity contribution in [3.05, 3.63) is 30.3 Å². The maximum absolute atomic E-state index is 12.3. The molecule has 1 aromatic rings. The predicted octanol–water partition coefficient (Wildman–Crippen LogP) is 1.53. The van der Waals surface area contributed by atoms with Gasteiger partial charge in [-0.3, -0.25) is 0 Å². The minimum atomic E-state index is -3.10. The van der Waals surface area contributed by atoms with Gasteiger partial charge in [0.25, 0.3) is 0 Å². The van der Waals surface area contributed by atoms with Gasteiger partial charge in [0.05, 0.1) is 5.75 Å². The first-order chi connectivity index (χ1) is 10.6. The van der Waals surface area contributed by atoms with Gasteiger partial charge in [0.1, 0.15) is 0 Å². The Balaban J connectivity index is 1.78. The summed E-state index contributed by atoms with van der Waals surface area (Å²) < 4.78 is 26.3. The summed E-state index contributed by atoms with van der Waals surface area (Å²) >= 11 is 0. The molecule has 1 aliphatic rings. The number of hydrogen-bond donors (Lipinski definition) is 1. The molecule has 0 radical (unpaired) electrons. The Kier molecular flexibility index (Phi) is 6.67. The molecule has 1 N–H and O–H groups in total. The van der Waals surface area contributed by atoms with Crippen LogP contribution >= 0.6 is 0 Å². The third-order valence-electron chi connectivity index (χ3n) is 4.01. The van der Waals surface area contributed by atoms with Crippen LogP contribution in [0.15, 0.2) is 30.3 Å². The lowest BCUT2D eigenvalue weighted by atomic mass is 10.2. The van der Waals surface area contributed by atoms with Gasteiger partial charge in [-0.05, 0) is 38.1 Å². The van der Waals surface area contributed by atoms with Crippen molar-refractivity contribution < 1.29 is 8.42 Å². The molecule has 0 unspecified atom stereocenters. The maximum atomic E-state index is 12.3. The number of para-hydroxylation sites is 1. The zero-order chi connectivity index (χ0) is 15.8. The number of nitrogens with one attached hydrogen (secondary N) is 1. The molecule has 1 fully saturated rings. The lowest BCUT2D eigenvalue weighted by Gasteiger charge is -2.35. The van der Waals surface area contributed by atoms with Gasteiger partial charge in [-0.25, -0.2) is 8.42 Å². The summed E-state index contributed by atoms with van der Waals surface area (Å²) in [5.74, 6) is 0.268. The molecule has 2 rings (SSSR count). The molecule has 0 atom stereocenters. The van der Waals surface area contributed by atoms with Crippen LogP contribution in [0.3, 0.4) is 0 Å². The number of anilines is 1. The van der Waals surface area contributed by atoms with Crippen molar-refractivity contribution in [2.75, 3.05) is 49.9 Å². The van der Waals surface area contributed by atoms with Crippen LogP contribution in [-0.2, 0) is 10.0 Å². The summed E-state index contributed by atoms with van der Waals surface area (Å²) in [6.45, 7) is 6.60. The van der Waals surface area contributed by atoms with E-state index in [2.05, 4.69) is 29.3 Å². The van der Waals surface area contributed by atoms with Crippen LogP contribution in [0.5, 0.6) is 0 Å². The van der Waals surface area contributed by atoms with Gasteiger partial charge in [-0.15, -0.1) is 0 Å². The number of rotatable bonds is 8. The van der Waals surface area contributed by atoms with Gasteiger partial charge >= 0.3 is 0 Å². The minimum Gasteiger partial charge on any atom is -0.369 e. The third kappa shape index (κ3) is 4.97. The fraction of sp³-hybridized carbons (Fsp3) is 0.625. The lowest BCUT2D eigenvalue weighted by molar-refractivity contribution is 0.384. The number of unbranched alkanes of at least 4 members (excludes halogenated alkanes) is 1. The molecule has 0 bridgehead atoms. The van der Waals surface area contributed by atoms with Crippen molar-refractivity contribution in [1.29, 1.82) is 0 Å². The molecule has 0 amide bonds. The zero-order valence-corrected chi connectivity index (χ0v) is 14.2. The predicted molar refractivity (Wildman–Crippen MR) is 91.8 cm³/mol. The molecule has 0 aliphatic carbocycles. The Bertz CT molecular complexity index is 526. The van der Waals surface area contributed by atoms with E-state index in [1.807, 2.05) is 18.2 Å². The minimum absolute atomic E-state index is 0.268. The number of piperazine rings is 1. The Morgan fingerprint density at radius 2 is 1.73 bits per heavy atom. The first-order valence-corrected chi connectivity index (χ1v) is 9.73. The topological polar surface area (TPSA) is 52.7 Å². The average Bonchev–Trinajstić information content (AvgIpc) is 2.55. The average molecular weight is 325 g/mol. The van der Waals surface area contributed by atoms with Gasteiger partial charge in [-0.2, -0.15) is 4.31 Å². The van der Waals surface area contributed by atoms with Crippen LogP contribution in [0.1, 0.15) is 19.8 Å². The number of benzene rings is 1. The van der Waals surface area contributed by atoms with Crippen LogP contribution in [0.4, 0.5) is 5.69 Å². The smallest absolute Gasteiger partial charge is 0.214 e. The zero-order valence-electron chi connectivity index (χ0n) is 13.4. The summed E-state index contributed by atoms with van der Waals surface area (Å²) in [4.78, 5) is 2.25. The van der Waals surface area contributed by atoms with Gasteiger partial charge in [-0.1, -0.05) is 25.1 Å². The van der Waals surface area contributed by atoms with Crippen molar-refractivity contribution in [3.8, 4) is 0 Å². The van der Waals surface area contributed by atoms with Gasteiger partial charge < -0.3 is 10.2 Å². The highest BCUT2D eigenvalue weighted by molar-refractivity contribution is 7.89. The van der Waals surface area contributed by atoms with E-state index < -0.39 is 10.0 Å². The summed E-state index contributed by atoms with van der Waals surface area (Å²) in [6.07, 6.45) is 1.64. The third-order valence-corrected chi connectivity index (χ3v) is 5.97. The second-order valence-electron chi connectivity index (χ2n) is 5.60. The molecule has 1 saturated heterocycles. The molecule has 0 spiro atoms. The van der Waals surface area contributed by atoms with Crippen LogP contribution in [0.25, 0.3) is 0 Å². The molecular formula is C16H27N3O2S. The highest BCUT2D eigenvalue weighted by Gasteiger charge is 2.26. The molecule has 0 saturated carbocycles. The first kappa shape index (κ1) is 17.2. The Labute approximate surface area is 134 Å². The number of nitrogens with zero attached hydrogens (tertiary/aromatic N) is 2. The number of hydrogen-bond acceptors (Lipinski definition) is 4. The van der Waals surface area contributed by atoms with E-state index in [4.69, 9.17) is 0 Å². The summed E-state index contributed by atoms with van der Waals surface area (Å²) in [5.41, 5.74) is 1.17. The fourth-order valence-electron chi connectivity index (χ4n) is 2.70. The quantitative estimate of drug-likeness (QED) is 0.737. The van der Waals surface area contributed by atoms with Crippen molar-refractivity contribution in [1.82, 2.24) is 9.62 Å². The molecular weight excluding hydrogens is 298 g/mol. The molecule has 1 aliphatic heterocycles. The molecule has 0 aromatic heterocycles. The monoisotopic (exact) mass is 325 g/mol. The van der Waals surface area contributed by atoms with Gasteiger partial charge in [0.2, 0.25) is 10.0 Å². The van der Waals surface area contributed by atoms with Crippen molar-refractivity contribution in [2.24, 2.45) is 0 Å². The highest BCUT2D eigenvalue weighted by Crippen LogP contribution is 2.17. The Hall–Kier alpha value is -1.11. The summed E-state index contributed by atoms with van der Waals surface area (Å²) in [6, 6.07) is 10.2. The summed E-state index contributed by atoms with van der Waals surface area (Å²) in [7, 11) is -3.10. The Morgan fingerprint density at radius 3 is 2.36 bits per heavy atom. The standard InChI is InChI=1S/C16H27N3O2S/c1-2-17-10-6-7-15-22(20,21)19-13-11-18(12-14-19)16-8-4-3-5-9-16/h3-5,8-9,17H,2,6-7,10-15H2,1H3. The van der Waals surface area contributed by atoms with E-state index in [0.717, 1.165) is 39.0 Å². The van der Waals surface area contributed by atoms with E-state index in [1.165, 1.54) is 5.69 Å². The van der Waals surface area contributed by atoms with Crippen LogP contribution in [-0.4, -0.2) is 57.7 Å². The van der Waals surface area contributed by atoms with Crippen molar-refractivity contribution >= 4 is 15.7 Å². The maximum Gasteiger partial charge on any atom is 0.214 e. The second kappa shape index (κ2) is 8.50. The van der Waals surface area contributed by atoms with E-state index in [9.17, 15) is 8.42 Å². The molecule has 5 nitrogen and oxygen atoms in total. The Morgan fingerprint density at radius 1 is 1.05 bits per heavy atom. The largest absolute Gasteiger partial charge is 0.369 e. The van der Waals surface area contributed by atoms with E-state index in [1.54, 1.807) is 4.31 Å². The SMILES string of the molecule is CCNCCCCS(=O)(=O)N1CCN(c2ccccc2)CC1. The normalized spacial score (nSPS) is 16.9. The van der Waals surface area contributed by atoms with Crippen LogP contribution < -0.4 is 10.2 Å². The van der Waals surface area contributed by atoms with Crippen LogP contribution in [0.2, 0.25) is 0 Å². The van der Waals surface area contributed by atoms with Crippen LogP contribution in [0, 0.1) is 0 Å². The van der Waals surface area contributed by atoms with Gasteiger partial charge in [0, 0.05) is 31.9 Å². The number of sulfonamides is 1. The van der Waals surface area contributed by atoms with Gasteiger partial charge in [0.15, 0.2) is 0 Å². The van der Waals surface area contributed by atoms with E-state index >= 15 is 0 Å². The molecule has 1 aromatic carbocycles. The molecule has 1 heterocycles. The van der Waals surface area contributed by atoms with Crippen molar-refractivity contribution in [3.63, 3.8) is 0 Å². The molecule has 22 heavy (non-hydrogen) atoms. The molecule has 6 heteroatoms. The molecule has 124 valence electrons. The lowest BCUT2D eigenvalue weighted by Crippen LogP contribution is -2.49. The van der Waals surface area contributed by atoms with E-state index in [-0.39, 0.29) is 5.75 Å². The highest BCUT2D eigenvalue weighted by atomic mass is 32.2. The fourth-order valence-corrected chi connectivity index (χ4v) is 4.25.